The summed E-state index contributed by atoms with van der Waals surface area (Å²) in [5.41, 5.74) is 2.02. The summed E-state index contributed by atoms with van der Waals surface area (Å²) >= 11 is -1.57. The van der Waals surface area contributed by atoms with Crippen LogP contribution in [0.1, 0.15) is 31.4 Å². The van der Waals surface area contributed by atoms with E-state index in [1.54, 1.807) is 7.11 Å². The van der Waals surface area contributed by atoms with Crippen LogP contribution in [-0.4, -0.2) is 38.6 Å². The normalized spacial score (nSPS) is 27.6. The van der Waals surface area contributed by atoms with Crippen molar-refractivity contribution in [1.29, 1.82) is 0 Å². The second-order valence-corrected chi connectivity index (χ2v) is 16.8. The zero-order valence-corrected chi connectivity index (χ0v) is 17.2. The molecule has 4 heteroatoms. The van der Waals surface area contributed by atoms with Crippen molar-refractivity contribution < 1.29 is 9.84 Å². The number of methoxy groups -OCH3 is 1. The number of aromatic nitrogens is 1. The molecule has 0 aliphatic carbocycles. The van der Waals surface area contributed by atoms with Crippen LogP contribution >= 0.6 is 0 Å². The minimum absolute atomic E-state index is 0.295. The third-order valence-electron chi connectivity index (χ3n) is 6.29. The van der Waals surface area contributed by atoms with E-state index in [1.807, 2.05) is 30.5 Å². The molecule has 3 heterocycles. The van der Waals surface area contributed by atoms with E-state index < -0.39 is 21.4 Å². The van der Waals surface area contributed by atoms with Gasteiger partial charge in [0.1, 0.15) is 0 Å². The maximum absolute atomic E-state index is 11.1. The Morgan fingerprint density at radius 2 is 2.22 bits per heavy atom. The van der Waals surface area contributed by atoms with E-state index in [-0.39, 0.29) is 6.10 Å². The summed E-state index contributed by atoms with van der Waals surface area (Å²) in [5.74, 6) is 2.73. The van der Waals surface area contributed by atoms with E-state index in [4.69, 9.17) is 4.74 Å². The van der Waals surface area contributed by atoms with Crippen molar-refractivity contribution in [2.75, 3.05) is 7.11 Å². The molecular weight excluding hydrogens is 389 g/mol. The van der Waals surface area contributed by atoms with E-state index in [2.05, 4.69) is 11.9 Å². The number of fused-ring (bicyclic) bond motifs is 3. The van der Waals surface area contributed by atoms with Crippen LogP contribution in [0.2, 0.25) is 12.0 Å². The topological polar surface area (TPSA) is 42.4 Å². The monoisotopic (exact) mass is 413 g/mol. The van der Waals surface area contributed by atoms with Crippen LogP contribution in [0, 0.1) is 11.8 Å². The number of rotatable bonds is 4. The third kappa shape index (κ3) is 2.68. The van der Waals surface area contributed by atoms with Crippen molar-refractivity contribution in [1.82, 2.24) is 4.98 Å². The van der Waals surface area contributed by atoms with Crippen molar-refractivity contribution in [3.05, 3.63) is 36.0 Å². The number of hydrogen-bond acceptors (Lipinski definition) is 3. The number of pyridine rings is 1. The molecule has 2 fully saturated rings. The molecule has 1 N–H and O–H groups in total. The maximum atomic E-state index is 11.1. The standard InChI is InChI=1S/C19H24NO2.In/c1-5-13(2)14(3)6-9-19(21)16-10-11-20-18-8-7-15(22-4)12-17(16)18;/h7-14,19,21H,2-3,5-6H2,1,4H3;/t13-,14+,19+;/m1./s1. The van der Waals surface area contributed by atoms with E-state index in [0.29, 0.717) is 3.67 Å². The van der Waals surface area contributed by atoms with E-state index >= 15 is 0 Å². The molecule has 0 saturated carbocycles. The fourth-order valence-corrected chi connectivity index (χ4v) is 19.9. The minimum atomic E-state index is -1.57. The fourth-order valence-electron chi connectivity index (χ4n) is 5.09. The van der Waals surface area contributed by atoms with Gasteiger partial charge in [-0.15, -0.1) is 0 Å². The van der Waals surface area contributed by atoms with Crippen molar-refractivity contribution in [2.24, 2.45) is 11.8 Å². The summed E-state index contributed by atoms with van der Waals surface area (Å²) < 4.78 is 9.01. The molecular formula is C19H24InNO2. The second-order valence-electron chi connectivity index (χ2n) is 7.29. The van der Waals surface area contributed by atoms with Gasteiger partial charge < -0.3 is 0 Å². The fraction of sp³-hybridized carbons (Fsp3) is 0.526. The molecule has 2 aromatic rings. The predicted octanol–water partition coefficient (Wildman–Crippen LogP) is 4.20. The van der Waals surface area contributed by atoms with Crippen LogP contribution in [-0.2, 0) is 0 Å². The Balaban J connectivity index is 1.67. The third-order valence-corrected chi connectivity index (χ3v) is 18.5. The number of hydrogen-bond donors (Lipinski definition) is 1. The quantitative estimate of drug-likeness (QED) is 0.817. The number of ether oxygens (including phenoxy) is 1. The first kappa shape index (κ1) is 15.8. The molecule has 2 bridgehead atoms. The zero-order chi connectivity index (χ0) is 16.0. The first-order valence-corrected chi connectivity index (χ1v) is 15.4. The first-order valence-electron chi connectivity index (χ1n) is 8.82. The van der Waals surface area contributed by atoms with E-state index in [0.717, 1.165) is 34.1 Å². The summed E-state index contributed by atoms with van der Waals surface area (Å²) in [6, 6.07) is 7.97. The van der Waals surface area contributed by atoms with Gasteiger partial charge in [-0.1, -0.05) is 0 Å². The molecule has 0 spiro atoms. The van der Waals surface area contributed by atoms with Crippen molar-refractivity contribution in [3.63, 3.8) is 0 Å². The molecule has 2 aliphatic heterocycles. The van der Waals surface area contributed by atoms with Gasteiger partial charge in [0.15, 0.2) is 0 Å². The average molecular weight is 413 g/mol. The van der Waals surface area contributed by atoms with Crippen molar-refractivity contribution >= 4 is 32.3 Å². The van der Waals surface area contributed by atoms with Gasteiger partial charge in [0.05, 0.1) is 0 Å². The van der Waals surface area contributed by atoms with Crippen molar-refractivity contribution in [3.8, 4) is 5.75 Å². The molecule has 2 saturated heterocycles. The van der Waals surface area contributed by atoms with Gasteiger partial charge in [0.2, 0.25) is 0 Å². The second kappa shape index (κ2) is 6.29. The molecule has 4 rings (SSSR count). The number of aliphatic hydroxyl groups excluding tert-OH is 1. The van der Waals surface area contributed by atoms with Crippen molar-refractivity contribution in [2.45, 2.75) is 37.9 Å². The molecule has 0 radical (unpaired) electrons. The van der Waals surface area contributed by atoms with E-state index in [9.17, 15) is 5.11 Å². The molecule has 23 heavy (non-hydrogen) atoms. The van der Waals surface area contributed by atoms with Crippen LogP contribution in [0.25, 0.3) is 10.9 Å². The first-order chi connectivity index (χ1) is 11.2. The molecule has 0 amide bonds. The Kier molecular flexibility index (Phi) is 4.31. The molecule has 1 aromatic carbocycles. The van der Waals surface area contributed by atoms with E-state index in [1.165, 1.54) is 21.2 Å². The van der Waals surface area contributed by atoms with Crippen LogP contribution in [0.4, 0.5) is 0 Å². The Morgan fingerprint density at radius 3 is 2.91 bits per heavy atom. The molecule has 4 atom stereocenters. The molecule has 1 aromatic heterocycles. The van der Waals surface area contributed by atoms with Gasteiger partial charge in [0, 0.05) is 0 Å². The van der Waals surface area contributed by atoms with Gasteiger partial charge in [-0.05, 0) is 0 Å². The summed E-state index contributed by atoms with van der Waals surface area (Å²) in [7, 11) is 1.69. The Labute approximate surface area is 145 Å². The molecule has 120 valence electrons. The SMILES string of the molecule is CC[C@H]1[CH2][In]2[CH2][C@H]1C[C@H]2[C@H](O)c1ccnc2ccc(OC)cc12. The number of nitrogens with zero attached hydrogens (tertiary/aromatic N) is 1. The van der Waals surface area contributed by atoms with Gasteiger partial charge in [-0.2, -0.15) is 0 Å². The Bertz CT molecular complexity index is 720. The summed E-state index contributed by atoms with van der Waals surface area (Å²) in [6.07, 6.45) is 4.16. The molecule has 0 unspecified atom stereocenters. The molecule has 2 aliphatic rings. The Hall–Kier alpha value is -0.740. The van der Waals surface area contributed by atoms with Gasteiger partial charge in [0.25, 0.3) is 0 Å². The van der Waals surface area contributed by atoms with Crippen LogP contribution in [0.3, 0.4) is 0 Å². The predicted molar refractivity (Wildman–Crippen MR) is 94.3 cm³/mol. The summed E-state index contributed by atoms with van der Waals surface area (Å²) in [6.45, 7) is 2.34. The number of benzene rings is 1. The summed E-state index contributed by atoms with van der Waals surface area (Å²) in [5, 5.41) is 12.2. The molecule has 3 nitrogen and oxygen atoms in total. The van der Waals surface area contributed by atoms with Gasteiger partial charge >= 0.3 is 146 Å². The van der Waals surface area contributed by atoms with Gasteiger partial charge in [-0.3, -0.25) is 0 Å². The zero-order valence-electron chi connectivity index (χ0n) is 13.9. The summed E-state index contributed by atoms with van der Waals surface area (Å²) in [4.78, 5) is 4.45. The number of aliphatic hydroxyl groups is 1. The van der Waals surface area contributed by atoms with Gasteiger partial charge in [-0.25, -0.2) is 0 Å². The van der Waals surface area contributed by atoms with Crippen LogP contribution in [0.15, 0.2) is 30.5 Å². The Morgan fingerprint density at radius 1 is 1.35 bits per heavy atom. The van der Waals surface area contributed by atoms with Crippen LogP contribution in [0.5, 0.6) is 5.75 Å². The van der Waals surface area contributed by atoms with Crippen LogP contribution < -0.4 is 4.74 Å². The average Bonchev–Trinajstić information content (AvgIpc) is 3.20.